The molecule has 0 aromatic carbocycles. The molecule has 2 N–H and O–H groups in total. The molecule has 1 heterocycles. The van der Waals surface area contributed by atoms with Gasteiger partial charge in [-0.25, -0.2) is 0 Å². The standard InChI is InChI=1S/C16H26N2OS/c1-4-18(11-16(2,3)10-17)15(19)13-6-5-7-14-12(13)8-9-20-14/h8-9,13H,4-7,10-11,17H2,1-3H3. The lowest BCUT2D eigenvalue weighted by atomic mass is 9.85. The van der Waals surface area contributed by atoms with Crippen molar-refractivity contribution in [3.63, 3.8) is 0 Å². The Morgan fingerprint density at radius 2 is 2.30 bits per heavy atom. The number of amides is 1. The molecule has 1 amide bonds. The van der Waals surface area contributed by atoms with Crippen molar-refractivity contribution < 1.29 is 4.79 Å². The molecule has 20 heavy (non-hydrogen) atoms. The van der Waals surface area contributed by atoms with E-state index in [1.54, 1.807) is 11.3 Å². The number of carbonyl (C=O) groups excluding carboxylic acids is 1. The lowest BCUT2D eigenvalue weighted by molar-refractivity contribution is -0.134. The fourth-order valence-corrected chi connectivity index (χ4v) is 3.88. The Morgan fingerprint density at radius 1 is 1.55 bits per heavy atom. The maximum absolute atomic E-state index is 12.9. The number of nitrogens with two attached hydrogens (primary N) is 1. The second-order valence-corrected chi connectivity index (χ2v) is 7.47. The number of rotatable bonds is 5. The van der Waals surface area contributed by atoms with E-state index in [-0.39, 0.29) is 17.2 Å². The fourth-order valence-electron chi connectivity index (χ4n) is 2.89. The summed E-state index contributed by atoms with van der Waals surface area (Å²) in [6.45, 7) is 8.42. The molecule has 0 radical (unpaired) electrons. The van der Waals surface area contributed by atoms with Crippen LogP contribution in [0.5, 0.6) is 0 Å². The first-order chi connectivity index (χ1) is 9.48. The first-order valence-corrected chi connectivity index (χ1v) is 8.41. The van der Waals surface area contributed by atoms with E-state index in [1.165, 1.54) is 10.4 Å². The van der Waals surface area contributed by atoms with Crippen LogP contribution in [0.25, 0.3) is 0 Å². The van der Waals surface area contributed by atoms with E-state index in [1.807, 2.05) is 4.90 Å². The van der Waals surface area contributed by atoms with Crippen molar-refractivity contribution in [3.8, 4) is 0 Å². The first kappa shape index (κ1) is 15.5. The molecule has 4 heteroatoms. The van der Waals surface area contributed by atoms with Gasteiger partial charge in [0.1, 0.15) is 0 Å². The molecule has 0 saturated heterocycles. The normalized spacial score (nSPS) is 18.7. The second-order valence-electron chi connectivity index (χ2n) is 6.46. The average molecular weight is 294 g/mol. The smallest absolute Gasteiger partial charge is 0.230 e. The summed E-state index contributed by atoms with van der Waals surface area (Å²) in [6, 6.07) is 2.14. The third-order valence-corrected chi connectivity index (χ3v) is 5.21. The minimum absolute atomic E-state index is 0.0161. The van der Waals surface area contributed by atoms with Crippen molar-refractivity contribution in [2.45, 2.75) is 46.0 Å². The van der Waals surface area contributed by atoms with Gasteiger partial charge in [0.25, 0.3) is 0 Å². The predicted molar refractivity (Wildman–Crippen MR) is 85.1 cm³/mol. The highest BCUT2D eigenvalue weighted by Crippen LogP contribution is 2.36. The van der Waals surface area contributed by atoms with Gasteiger partial charge in [-0.05, 0) is 55.2 Å². The van der Waals surface area contributed by atoms with Crippen LogP contribution in [0.4, 0.5) is 0 Å². The number of fused-ring (bicyclic) bond motifs is 1. The quantitative estimate of drug-likeness (QED) is 0.907. The van der Waals surface area contributed by atoms with Gasteiger partial charge < -0.3 is 10.6 Å². The molecule has 3 nitrogen and oxygen atoms in total. The Balaban J connectivity index is 2.14. The lowest BCUT2D eigenvalue weighted by Gasteiger charge is -2.34. The van der Waals surface area contributed by atoms with Crippen LogP contribution >= 0.6 is 11.3 Å². The number of nitrogens with zero attached hydrogens (tertiary/aromatic N) is 1. The van der Waals surface area contributed by atoms with Gasteiger partial charge in [0, 0.05) is 18.0 Å². The summed E-state index contributed by atoms with van der Waals surface area (Å²) in [5.41, 5.74) is 7.07. The highest BCUT2D eigenvalue weighted by Gasteiger charge is 2.32. The molecule has 1 atom stereocenters. The molecule has 1 aromatic rings. The number of aryl methyl sites for hydroxylation is 1. The van der Waals surface area contributed by atoms with Crippen molar-refractivity contribution in [1.29, 1.82) is 0 Å². The monoisotopic (exact) mass is 294 g/mol. The van der Waals surface area contributed by atoms with Crippen LogP contribution in [0.15, 0.2) is 11.4 Å². The molecule has 1 aliphatic rings. The minimum atomic E-state index is -0.0161. The molecule has 1 unspecified atom stereocenters. The van der Waals surface area contributed by atoms with E-state index in [4.69, 9.17) is 5.73 Å². The van der Waals surface area contributed by atoms with Gasteiger partial charge in [0.15, 0.2) is 0 Å². The highest BCUT2D eigenvalue weighted by molar-refractivity contribution is 7.10. The van der Waals surface area contributed by atoms with Gasteiger partial charge in [0.2, 0.25) is 5.91 Å². The zero-order valence-corrected chi connectivity index (χ0v) is 13.6. The van der Waals surface area contributed by atoms with Crippen LogP contribution < -0.4 is 5.73 Å². The molecular weight excluding hydrogens is 268 g/mol. The Morgan fingerprint density at radius 3 is 2.95 bits per heavy atom. The Labute approximate surface area is 126 Å². The molecular formula is C16H26N2OS. The summed E-state index contributed by atoms with van der Waals surface area (Å²) in [5.74, 6) is 0.354. The number of likely N-dealkylation sites (N-methyl/N-ethyl adjacent to an activating group) is 1. The van der Waals surface area contributed by atoms with Gasteiger partial charge in [-0.1, -0.05) is 13.8 Å². The van der Waals surface area contributed by atoms with Crippen molar-refractivity contribution in [2.75, 3.05) is 19.6 Å². The number of hydrogen-bond donors (Lipinski definition) is 1. The van der Waals surface area contributed by atoms with Crippen LogP contribution in [0, 0.1) is 5.41 Å². The summed E-state index contributed by atoms with van der Waals surface area (Å²) in [7, 11) is 0. The zero-order valence-electron chi connectivity index (χ0n) is 12.8. The molecule has 1 aliphatic carbocycles. The Kier molecular flexibility index (Phi) is 4.86. The van der Waals surface area contributed by atoms with E-state index in [9.17, 15) is 4.79 Å². The van der Waals surface area contributed by atoms with E-state index in [0.717, 1.165) is 32.4 Å². The van der Waals surface area contributed by atoms with Gasteiger partial charge in [0.05, 0.1) is 5.92 Å². The van der Waals surface area contributed by atoms with Crippen LogP contribution in [-0.2, 0) is 11.2 Å². The number of carbonyl (C=O) groups is 1. The lowest BCUT2D eigenvalue weighted by Crippen LogP contribution is -2.44. The van der Waals surface area contributed by atoms with E-state index < -0.39 is 0 Å². The third kappa shape index (κ3) is 3.23. The minimum Gasteiger partial charge on any atom is -0.342 e. The maximum Gasteiger partial charge on any atom is 0.230 e. The molecule has 0 spiro atoms. The topological polar surface area (TPSA) is 46.3 Å². The maximum atomic E-state index is 12.9. The van der Waals surface area contributed by atoms with Gasteiger partial charge in [-0.2, -0.15) is 0 Å². The molecule has 0 fully saturated rings. The van der Waals surface area contributed by atoms with Crippen LogP contribution in [-0.4, -0.2) is 30.4 Å². The van der Waals surface area contributed by atoms with E-state index >= 15 is 0 Å². The molecule has 2 rings (SSSR count). The highest BCUT2D eigenvalue weighted by atomic mass is 32.1. The molecule has 112 valence electrons. The summed E-state index contributed by atoms with van der Waals surface area (Å²) in [4.78, 5) is 16.3. The average Bonchev–Trinajstić information content (AvgIpc) is 2.92. The van der Waals surface area contributed by atoms with Crippen LogP contribution in [0.2, 0.25) is 0 Å². The summed E-state index contributed by atoms with van der Waals surface area (Å²) >= 11 is 1.79. The molecule has 0 saturated carbocycles. The number of hydrogen-bond acceptors (Lipinski definition) is 3. The van der Waals surface area contributed by atoms with Crippen molar-refractivity contribution in [3.05, 3.63) is 21.9 Å². The Bertz CT molecular complexity index is 467. The predicted octanol–water partition coefficient (Wildman–Crippen LogP) is 3.00. The fraction of sp³-hybridized carbons (Fsp3) is 0.688. The molecule has 0 bridgehead atoms. The zero-order chi connectivity index (χ0) is 14.8. The third-order valence-electron chi connectivity index (χ3n) is 4.21. The van der Waals surface area contributed by atoms with E-state index in [2.05, 4.69) is 32.2 Å². The molecule has 0 aliphatic heterocycles. The number of thiophene rings is 1. The summed E-state index contributed by atoms with van der Waals surface area (Å²) < 4.78 is 0. The summed E-state index contributed by atoms with van der Waals surface area (Å²) in [5, 5.41) is 2.12. The molecule has 1 aromatic heterocycles. The SMILES string of the molecule is CCN(CC(C)(C)CN)C(=O)C1CCCc2sccc21. The van der Waals surface area contributed by atoms with Crippen molar-refractivity contribution in [1.82, 2.24) is 4.90 Å². The first-order valence-electron chi connectivity index (χ1n) is 7.53. The van der Waals surface area contributed by atoms with Crippen molar-refractivity contribution in [2.24, 2.45) is 11.1 Å². The van der Waals surface area contributed by atoms with Gasteiger partial charge in [-0.15, -0.1) is 11.3 Å². The summed E-state index contributed by atoms with van der Waals surface area (Å²) in [6.07, 6.45) is 3.25. The second kappa shape index (κ2) is 6.27. The van der Waals surface area contributed by atoms with Gasteiger partial charge >= 0.3 is 0 Å². The van der Waals surface area contributed by atoms with Crippen LogP contribution in [0.1, 0.15) is 50.0 Å². The largest absolute Gasteiger partial charge is 0.342 e. The van der Waals surface area contributed by atoms with Crippen LogP contribution in [0.3, 0.4) is 0 Å². The van der Waals surface area contributed by atoms with E-state index in [0.29, 0.717) is 6.54 Å². The van der Waals surface area contributed by atoms with Gasteiger partial charge in [-0.3, -0.25) is 4.79 Å². The Hall–Kier alpha value is -0.870. The van der Waals surface area contributed by atoms with Crippen molar-refractivity contribution >= 4 is 17.2 Å².